The highest BCUT2D eigenvalue weighted by Gasteiger charge is 2.48. The summed E-state index contributed by atoms with van der Waals surface area (Å²) in [6, 6.07) is 24.6. The molecule has 4 aromatic carbocycles. The van der Waals surface area contributed by atoms with Crippen LogP contribution >= 0.6 is 0 Å². The summed E-state index contributed by atoms with van der Waals surface area (Å²) in [5, 5.41) is 42.9. The normalized spacial score (nSPS) is 18.7. The molecule has 2 saturated carbocycles. The Morgan fingerprint density at radius 2 is 0.681 bits per heavy atom. The molecule has 0 atom stereocenters. The Balaban J connectivity index is 1.26. The molecule has 47 heavy (non-hydrogen) atoms. The van der Waals surface area contributed by atoms with Crippen LogP contribution in [0.5, 0.6) is 23.0 Å². The monoisotopic (exact) mass is 632 g/mol. The Morgan fingerprint density at radius 1 is 0.447 bits per heavy atom. The molecule has 0 aromatic heterocycles. The summed E-state index contributed by atoms with van der Waals surface area (Å²) in [6.07, 6.45) is 8.18. The highest BCUT2D eigenvalue weighted by atomic mass is 16.3. The first-order valence-electron chi connectivity index (χ1n) is 17.5. The number of benzene rings is 4. The zero-order chi connectivity index (χ0) is 33.7. The van der Waals surface area contributed by atoms with Crippen molar-refractivity contribution in [2.75, 3.05) is 0 Å². The SMILES string of the molecule is Cc1ccc(C2(c3ccc(C)c(O)c3)CCC(C(C)(C)C3CCC(c4ccc(C)c(O)c4)(c4ccc(C)c(O)c4)CC3)CC2)cc1O. The van der Waals surface area contributed by atoms with Crippen LogP contribution in [0, 0.1) is 44.9 Å². The first-order valence-corrected chi connectivity index (χ1v) is 17.5. The van der Waals surface area contributed by atoms with Gasteiger partial charge in [-0.1, -0.05) is 62.4 Å². The lowest BCUT2D eigenvalue weighted by Crippen LogP contribution is -2.43. The lowest BCUT2D eigenvalue weighted by molar-refractivity contribution is 0.0364. The average Bonchev–Trinajstić information content (AvgIpc) is 3.06. The van der Waals surface area contributed by atoms with E-state index < -0.39 is 0 Å². The molecule has 0 radical (unpaired) electrons. The second kappa shape index (κ2) is 12.3. The van der Waals surface area contributed by atoms with Crippen LogP contribution in [0.15, 0.2) is 72.8 Å². The van der Waals surface area contributed by atoms with E-state index in [1.807, 2.05) is 76.2 Å². The molecule has 0 spiro atoms. The van der Waals surface area contributed by atoms with E-state index in [0.29, 0.717) is 34.8 Å². The number of rotatable bonds is 6. The van der Waals surface area contributed by atoms with Gasteiger partial charge >= 0.3 is 0 Å². The van der Waals surface area contributed by atoms with Crippen molar-refractivity contribution in [3.63, 3.8) is 0 Å². The molecule has 0 aliphatic heterocycles. The first kappa shape index (κ1) is 33.0. The Morgan fingerprint density at radius 3 is 0.894 bits per heavy atom. The third-order valence-corrected chi connectivity index (χ3v) is 12.8. The van der Waals surface area contributed by atoms with Crippen molar-refractivity contribution in [2.24, 2.45) is 17.3 Å². The van der Waals surface area contributed by atoms with Gasteiger partial charge in [-0.25, -0.2) is 0 Å². The predicted molar refractivity (Wildman–Crippen MR) is 191 cm³/mol. The number of phenols is 4. The van der Waals surface area contributed by atoms with Gasteiger partial charge in [0.15, 0.2) is 0 Å². The van der Waals surface area contributed by atoms with Gasteiger partial charge in [-0.15, -0.1) is 0 Å². The van der Waals surface area contributed by atoms with Gasteiger partial charge in [0, 0.05) is 10.8 Å². The van der Waals surface area contributed by atoms with Gasteiger partial charge in [0.1, 0.15) is 23.0 Å². The van der Waals surface area contributed by atoms with Crippen LogP contribution in [0.25, 0.3) is 0 Å². The molecule has 2 aliphatic carbocycles. The Kier molecular flexibility index (Phi) is 8.61. The highest BCUT2D eigenvalue weighted by molar-refractivity contribution is 5.50. The first-order chi connectivity index (χ1) is 22.3. The molecule has 248 valence electrons. The molecule has 0 amide bonds. The van der Waals surface area contributed by atoms with Gasteiger partial charge in [0.2, 0.25) is 0 Å². The largest absolute Gasteiger partial charge is 0.508 e. The zero-order valence-electron chi connectivity index (χ0n) is 29.0. The van der Waals surface area contributed by atoms with Gasteiger partial charge in [-0.2, -0.15) is 0 Å². The topological polar surface area (TPSA) is 80.9 Å². The maximum Gasteiger partial charge on any atom is 0.118 e. The summed E-state index contributed by atoms with van der Waals surface area (Å²) < 4.78 is 0. The fourth-order valence-electron chi connectivity index (χ4n) is 9.16. The molecule has 0 saturated heterocycles. The predicted octanol–water partition coefficient (Wildman–Crippen LogP) is 10.4. The lowest BCUT2D eigenvalue weighted by Gasteiger charge is -2.51. The van der Waals surface area contributed by atoms with Crippen LogP contribution in [0.2, 0.25) is 0 Å². The van der Waals surface area contributed by atoms with Crippen LogP contribution in [0.3, 0.4) is 0 Å². The lowest BCUT2D eigenvalue weighted by atomic mass is 9.53. The molecule has 4 nitrogen and oxygen atoms in total. The Hall–Kier alpha value is -3.92. The van der Waals surface area contributed by atoms with E-state index >= 15 is 0 Å². The summed E-state index contributed by atoms with van der Waals surface area (Å²) in [7, 11) is 0. The smallest absolute Gasteiger partial charge is 0.118 e. The Bertz CT molecular complexity index is 1530. The maximum atomic E-state index is 10.7. The summed E-state index contributed by atoms with van der Waals surface area (Å²) in [6.45, 7) is 12.7. The molecule has 4 N–H and O–H groups in total. The molecule has 6 rings (SSSR count). The molecule has 4 heteroatoms. The van der Waals surface area contributed by atoms with Crippen LogP contribution in [-0.2, 0) is 10.8 Å². The third-order valence-electron chi connectivity index (χ3n) is 12.8. The quantitative estimate of drug-likeness (QED) is 0.170. The summed E-state index contributed by atoms with van der Waals surface area (Å²) >= 11 is 0. The fourth-order valence-corrected chi connectivity index (χ4v) is 9.16. The molecule has 0 bridgehead atoms. The number of hydrogen-bond acceptors (Lipinski definition) is 4. The highest BCUT2D eigenvalue weighted by Crippen LogP contribution is 2.57. The standard InChI is InChI=1S/C43H52O4/c1-27-7-11-33(23-37(27)44)42(34-12-8-28(2)38(45)24-34)19-15-31(16-20-42)41(5,6)32-17-21-43(22-18-32,35-13-9-29(3)39(46)25-35)36-14-10-30(4)40(47)26-36/h7-14,23-26,31-32,44-47H,15-22H2,1-6H3. The van der Waals surface area contributed by atoms with Crippen molar-refractivity contribution in [1.29, 1.82) is 0 Å². The zero-order valence-corrected chi connectivity index (χ0v) is 29.0. The summed E-state index contributed by atoms with van der Waals surface area (Å²) in [5.74, 6) is 2.42. The van der Waals surface area contributed by atoms with Gasteiger partial charge < -0.3 is 20.4 Å². The third kappa shape index (κ3) is 5.79. The van der Waals surface area contributed by atoms with Gasteiger partial charge in [-0.3, -0.25) is 0 Å². The van der Waals surface area contributed by atoms with Gasteiger partial charge in [-0.05, 0) is 165 Å². The number of phenolic OH excluding ortho intramolecular Hbond substituents is 4. The molecule has 2 fully saturated rings. The van der Waals surface area contributed by atoms with Crippen molar-refractivity contribution >= 4 is 0 Å². The average molecular weight is 633 g/mol. The van der Waals surface area contributed by atoms with Crippen LogP contribution in [-0.4, -0.2) is 20.4 Å². The van der Waals surface area contributed by atoms with E-state index in [9.17, 15) is 20.4 Å². The molecule has 0 heterocycles. The van der Waals surface area contributed by atoms with Crippen molar-refractivity contribution in [3.8, 4) is 23.0 Å². The number of hydrogen-bond donors (Lipinski definition) is 4. The number of aromatic hydroxyl groups is 4. The van der Waals surface area contributed by atoms with Crippen molar-refractivity contribution in [3.05, 3.63) is 117 Å². The minimum absolute atomic E-state index is 0.133. The van der Waals surface area contributed by atoms with E-state index in [1.165, 1.54) is 0 Å². The van der Waals surface area contributed by atoms with E-state index in [2.05, 4.69) is 38.1 Å². The molecule has 0 unspecified atom stereocenters. The second-order valence-electron chi connectivity index (χ2n) is 15.5. The van der Waals surface area contributed by atoms with Crippen LogP contribution < -0.4 is 0 Å². The van der Waals surface area contributed by atoms with Crippen LogP contribution in [0.4, 0.5) is 0 Å². The van der Waals surface area contributed by atoms with Crippen molar-refractivity contribution in [1.82, 2.24) is 0 Å². The van der Waals surface area contributed by atoms with E-state index in [1.54, 1.807) is 0 Å². The van der Waals surface area contributed by atoms with Crippen LogP contribution in [0.1, 0.15) is 110 Å². The maximum absolute atomic E-state index is 10.7. The molecule has 2 aliphatic rings. The molecular weight excluding hydrogens is 580 g/mol. The summed E-state index contributed by atoms with van der Waals surface area (Å²) in [5.41, 5.74) is 7.64. The molecule has 4 aromatic rings. The minimum atomic E-state index is -0.258. The van der Waals surface area contributed by atoms with Crippen molar-refractivity contribution < 1.29 is 20.4 Å². The van der Waals surface area contributed by atoms with E-state index in [4.69, 9.17) is 0 Å². The summed E-state index contributed by atoms with van der Waals surface area (Å²) in [4.78, 5) is 0. The minimum Gasteiger partial charge on any atom is -0.508 e. The van der Waals surface area contributed by atoms with Crippen molar-refractivity contribution in [2.45, 2.75) is 104 Å². The Labute approximate surface area is 281 Å². The second-order valence-corrected chi connectivity index (χ2v) is 15.5. The fraction of sp³-hybridized carbons (Fsp3) is 0.442. The van der Waals surface area contributed by atoms with Gasteiger partial charge in [0.25, 0.3) is 0 Å². The van der Waals surface area contributed by atoms with E-state index in [-0.39, 0.29) is 16.2 Å². The van der Waals surface area contributed by atoms with Gasteiger partial charge in [0.05, 0.1) is 0 Å². The van der Waals surface area contributed by atoms with E-state index in [0.717, 1.165) is 95.9 Å². The molecular formula is C43H52O4. The number of aryl methyl sites for hydroxylation is 4.